The van der Waals surface area contributed by atoms with Crippen molar-refractivity contribution in [1.29, 1.82) is 0 Å². The van der Waals surface area contributed by atoms with Gasteiger partial charge in [-0.25, -0.2) is 4.39 Å². The summed E-state index contributed by atoms with van der Waals surface area (Å²) in [6.07, 6.45) is 0. The van der Waals surface area contributed by atoms with Crippen molar-refractivity contribution in [3.63, 3.8) is 0 Å². The van der Waals surface area contributed by atoms with E-state index in [-0.39, 0.29) is 5.02 Å². The fourth-order valence-corrected chi connectivity index (χ4v) is 2.40. The molecule has 0 amide bonds. The van der Waals surface area contributed by atoms with Gasteiger partial charge < -0.3 is 0 Å². The lowest BCUT2D eigenvalue weighted by Crippen LogP contribution is -1.74. The molecule has 1 heterocycles. The average molecular weight is 221 g/mol. The normalized spacial score (nSPS) is 10.9. The molecule has 12 heavy (non-hydrogen) atoms. The number of rotatable bonds is 0. The number of hydrogen-bond acceptors (Lipinski definition) is 1. The first kappa shape index (κ1) is 8.30. The van der Waals surface area contributed by atoms with E-state index in [1.807, 2.05) is 0 Å². The fourth-order valence-electron chi connectivity index (χ4n) is 0.991. The first-order valence-corrected chi connectivity index (χ1v) is 4.84. The largest absolute Gasteiger partial charge is 0.205 e. The Labute approximate surface area is 82.5 Å². The van der Waals surface area contributed by atoms with Crippen LogP contribution in [-0.4, -0.2) is 0 Å². The fraction of sp³-hybridized carbons (Fsp3) is 0. The van der Waals surface area contributed by atoms with Gasteiger partial charge in [-0.05, 0) is 12.1 Å². The Morgan fingerprint density at radius 1 is 1.17 bits per heavy atom. The highest BCUT2D eigenvalue weighted by molar-refractivity contribution is 7.17. The Hall–Kier alpha value is -0.310. The van der Waals surface area contributed by atoms with Crippen molar-refractivity contribution in [3.8, 4) is 0 Å². The lowest BCUT2D eigenvalue weighted by Gasteiger charge is -1.93. The van der Waals surface area contributed by atoms with Gasteiger partial charge in [-0.3, -0.25) is 0 Å². The summed E-state index contributed by atoms with van der Waals surface area (Å²) in [7, 11) is 0. The van der Waals surface area contributed by atoms with Gasteiger partial charge in [-0.2, -0.15) is 0 Å². The minimum absolute atomic E-state index is 0.140. The summed E-state index contributed by atoms with van der Waals surface area (Å²) in [6.45, 7) is 0. The quantitative estimate of drug-likeness (QED) is 0.620. The molecule has 0 N–H and O–H groups in total. The molecule has 2 aromatic rings. The second-order valence-corrected chi connectivity index (χ2v) is 4.07. The molecule has 0 atom stereocenters. The van der Waals surface area contributed by atoms with Gasteiger partial charge >= 0.3 is 0 Å². The Kier molecular flexibility index (Phi) is 1.99. The maximum atomic E-state index is 12.9. The van der Waals surface area contributed by atoms with E-state index in [1.165, 1.54) is 17.4 Å². The third-order valence-corrected chi connectivity index (χ3v) is 3.25. The summed E-state index contributed by atoms with van der Waals surface area (Å²) in [4.78, 5) is 0. The molecule has 0 saturated carbocycles. The van der Waals surface area contributed by atoms with Crippen LogP contribution in [0.5, 0.6) is 0 Å². The van der Waals surface area contributed by atoms with Crippen molar-refractivity contribution < 1.29 is 4.39 Å². The molecule has 0 spiro atoms. The van der Waals surface area contributed by atoms with Gasteiger partial charge in [0.2, 0.25) is 0 Å². The van der Waals surface area contributed by atoms with Gasteiger partial charge in [0.15, 0.2) is 0 Å². The van der Waals surface area contributed by atoms with Crippen LogP contribution in [0, 0.1) is 5.82 Å². The van der Waals surface area contributed by atoms with Crippen LogP contribution in [0.1, 0.15) is 0 Å². The molecule has 0 radical (unpaired) electrons. The Balaban J connectivity index is 2.87. The molecule has 1 aromatic carbocycles. The van der Waals surface area contributed by atoms with Gasteiger partial charge in [0.25, 0.3) is 0 Å². The minimum Gasteiger partial charge on any atom is -0.205 e. The van der Waals surface area contributed by atoms with E-state index in [0.717, 1.165) is 10.1 Å². The van der Waals surface area contributed by atoms with Crippen LogP contribution in [0.4, 0.5) is 4.39 Å². The standard InChI is InChI=1S/C8H3Cl2FS/c9-5-2-8-4(1-7(5)11)6(10)3-12-8/h1-3H. The molecule has 0 aliphatic rings. The SMILES string of the molecule is Fc1cc2c(Cl)csc2cc1Cl. The maximum absolute atomic E-state index is 12.9. The van der Waals surface area contributed by atoms with Crippen LogP contribution in [0.25, 0.3) is 10.1 Å². The highest BCUT2D eigenvalue weighted by Crippen LogP contribution is 2.33. The van der Waals surface area contributed by atoms with E-state index in [1.54, 1.807) is 11.4 Å². The summed E-state index contributed by atoms with van der Waals surface area (Å²) in [6, 6.07) is 2.94. The topological polar surface area (TPSA) is 0 Å². The average Bonchev–Trinajstić information content (AvgIpc) is 2.35. The maximum Gasteiger partial charge on any atom is 0.142 e. The van der Waals surface area contributed by atoms with Crippen molar-refractivity contribution in [2.24, 2.45) is 0 Å². The highest BCUT2D eigenvalue weighted by atomic mass is 35.5. The van der Waals surface area contributed by atoms with E-state index in [2.05, 4.69) is 0 Å². The molecular formula is C8H3Cl2FS. The molecule has 0 fully saturated rings. The van der Waals surface area contributed by atoms with Crippen LogP contribution in [-0.2, 0) is 0 Å². The first-order valence-electron chi connectivity index (χ1n) is 3.20. The second kappa shape index (κ2) is 2.87. The molecule has 0 unspecified atom stereocenters. The van der Waals surface area contributed by atoms with Crippen LogP contribution in [0.3, 0.4) is 0 Å². The van der Waals surface area contributed by atoms with Gasteiger partial charge in [-0.1, -0.05) is 23.2 Å². The lowest BCUT2D eigenvalue weighted by atomic mass is 10.2. The number of halogens is 3. The number of fused-ring (bicyclic) bond motifs is 1. The van der Waals surface area contributed by atoms with Crippen molar-refractivity contribution in [1.82, 2.24) is 0 Å². The summed E-state index contributed by atoms with van der Waals surface area (Å²) < 4.78 is 13.8. The zero-order valence-corrected chi connectivity index (χ0v) is 8.10. The predicted molar refractivity (Wildman–Crippen MR) is 51.8 cm³/mol. The van der Waals surface area contributed by atoms with E-state index >= 15 is 0 Å². The van der Waals surface area contributed by atoms with Crippen molar-refractivity contribution >= 4 is 44.6 Å². The second-order valence-electron chi connectivity index (χ2n) is 2.35. The predicted octanol–water partition coefficient (Wildman–Crippen LogP) is 4.35. The monoisotopic (exact) mass is 220 g/mol. The summed E-state index contributed by atoms with van der Waals surface area (Å²) >= 11 is 12.8. The molecule has 0 saturated heterocycles. The molecular weight excluding hydrogens is 218 g/mol. The van der Waals surface area contributed by atoms with Crippen LogP contribution < -0.4 is 0 Å². The smallest absolute Gasteiger partial charge is 0.142 e. The molecule has 0 aliphatic heterocycles. The van der Waals surface area contributed by atoms with Crippen LogP contribution in [0.15, 0.2) is 17.5 Å². The van der Waals surface area contributed by atoms with Crippen LogP contribution in [0.2, 0.25) is 10.0 Å². The molecule has 0 nitrogen and oxygen atoms in total. The van der Waals surface area contributed by atoms with Crippen molar-refractivity contribution in [2.45, 2.75) is 0 Å². The zero-order chi connectivity index (χ0) is 8.72. The molecule has 4 heteroatoms. The molecule has 2 rings (SSSR count). The molecule has 62 valence electrons. The first-order chi connectivity index (χ1) is 5.68. The number of thiophene rings is 1. The summed E-state index contributed by atoms with van der Waals surface area (Å²) in [5.41, 5.74) is 0. The highest BCUT2D eigenvalue weighted by Gasteiger charge is 2.06. The van der Waals surface area contributed by atoms with Crippen molar-refractivity contribution in [3.05, 3.63) is 33.4 Å². The zero-order valence-electron chi connectivity index (χ0n) is 5.77. The van der Waals surface area contributed by atoms with Crippen molar-refractivity contribution in [2.75, 3.05) is 0 Å². The molecule has 0 aliphatic carbocycles. The Morgan fingerprint density at radius 3 is 2.67 bits per heavy atom. The third kappa shape index (κ3) is 1.20. The van der Waals surface area contributed by atoms with Gasteiger partial charge in [0.1, 0.15) is 5.82 Å². The van der Waals surface area contributed by atoms with E-state index < -0.39 is 5.82 Å². The number of benzene rings is 1. The third-order valence-electron chi connectivity index (χ3n) is 1.57. The Bertz CT molecular complexity index is 436. The van der Waals surface area contributed by atoms with Gasteiger partial charge in [0.05, 0.1) is 10.0 Å². The van der Waals surface area contributed by atoms with E-state index in [9.17, 15) is 4.39 Å². The van der Waals surface area contributed by atoms with Gasteiger partial charge in [-0.15, -0.1) is 11.3 Å². The number of hydrogen-bond donors (Lipinski definition) is 0. The summed E-state index contributed by atoms with van der Waals surface area (Å²) in [5.74, 6) is -0.426. The van der Waals surface area contributed by atoms with E-state index in [4.69, 9.17) is 23.2 Å². The molecule has 1 aromatic heterocycles. The van der Waals surface area contributed by atoms with Crippen LogP contribution >= 0.6 is 34.5 Å². The lowest BCUT2D eigenvalue weighted by molar-refractivity contribution is 0.630. The molecule has 0 bridgehead atoms. The minimum atomic E-state index is -0.426. The Morgan fingerprint density at radius 2 is 1.92 bits per heavy atom. The van der Waals surface area contributed by atoms with Gasteiger partial charge in [0, 0.05) is 15.5 Å². The summed E-state index contributed by atoms with van der Waals surface area (Å²) in [5, 5.41) is 3.21. The van der Waals surface area contributed by atoms with E-state index in [0.29, 0.717) is 5.02 Å².